The van der Waals surface area contributed by atoms with Crippen molar-refractivity contribution in [3.8, 4) is 34.0 Å². The zero-order valence-corrected chi connectivity index (χ0v) is 24.4. The number of nitrogens with one attached hydrogen (secondary N) is 4. The van der Waals surface area contributed by atoms with Crippen LogP contribution in [0.2, 0.25) is 0 Å². The van der Waals surface area contributed by atoms with Crippen LogP contribution in [0, 0.1) is 0 Å². The molecule has 0 aliphatic rings. The van der Waals surface area contributed by atoms with Crippen LogP contribution in [0.1, 0.15) is 13.8 Å². The van der Waals surface area contributed by atoms with Gasteiger partial charge in [0.2, 0.25) is 0 Å². The molecule has 4 N–H and O–H groups in total. The molecule has 45 heavy (non-hydrogen) atoms. The van der Waals surface area contributed by atoms with E-state index < -0.39 is 0 Å². The van der Waals surface area contributed by atoms with Gasteiger partial charge in [0.1, 0.15) is 34.2 Å². The highest BCUT2D eigenvalue weighted by Gasteiger charge is 2.10. The molecule has 224 valence electrons. The van der Waals surface area contributed by atoms with Crippen LogP contribution in [0.3, 0.4) is 0 Å². The highest BCUT2D eigenvalue weighted by atomic mass is 16.5. The minimum atomic E-state index is -0.333. The van der Waals surface area contributed by atoms with E-state index in [1.54, 1.807) is 36.7 Å². The van der Waals surface area contributed by atoms with E-state index in [9.17, 15) is 9.59 Å². The summed E-state index contributed by atoms with van der Waals surface area (Å²) in [4.78, 5) is 50.7. The van der Waals surface area contributed by atoms with Crippen molar-refractivity contribution in [2.45, 2.75) is 13.8 Å². The summed E-state index contributed by atoms with van der Waals surface area (Å²) in [5, 5.41) is 10.7. The summed E-state index contributed by atoms with van der Waals surface area (Å²) in [5.74, 6) is 2.07. The Labute approximate surface area is 257 Å². The number of hydrogen-bond acceptors (Lipinski definition) is 9. The van der Waals surface area contributed by atoms with E-state index in [0.29, 0.717) is 69.9 Å². The van der Waals surface area contributed by atoms with Gasteiger partial charge in [-0.1, -0.05) is 0 Å². The number of carbonyl (C=O) groups is 2. The molecule has 0 spiro atoms. The van der Waals surface area contributed by atoms with Crippen LogP contribution in [-0.4, -0.2) is 55.1 Å². The Balaban J connectivity index is 1.13. The van der Waals surface area contributed by atoms with Gasteiger partial charge < -0.3 is 15.4 Å². The van der Waals surface area contributed by atoms with Crippen molar-refractivity contribution in [1.29, 1.82) is 0 Å². The van der Waals surface area contributed by atoms with E-state index in [-0.39, 0.29) is 12.1 Å². The number of aromatic nitrogens is 6. The van der Waals surface area contributed by atoms with Gasteiger partial charge in [-0.15, -0.1) is 0 Å². The van der Waals surface area contributed by atoms with Crippen molar-refractivity contribution in [1.82, 2.24) is 40.5 Å². The lowest BCUT2D eigenvalue weighted by Gasteiger charge is -2.09. The number of hydrogen-bond donors (Lipinski definition) is 4. The van der Waals surface area contributed by atoms with Gasteiger partial charge in [-0.2, -0.15) is 0 Å². The normalized spacial score (nSPS) is 10.8. The maximum Gasteiger partial charge on any atom is 0.320 e. The Hall–Kier alpha value is -6.24. The zero-order chi connectivity index (χ0) is 31.2. The van der Waals surface area contributed by atoms with Crippen LogP contribution in [0.25, 0.3) is 44.8 Å². The van der Waals surface area contributed by atoms with Crippen molar-refractivity contribution in [3.63, 3.8) is 0 Å². The first-order valence-corrected chi connectivity index (χ1v) is 14.2. The van der Waals surface area contributed by atoms with Crippen LogP contribution in [0.15, 0.2) is 85.2 Å². The molecule has 4 heterocycles. The van der Waals surface area contributed by atoms with Gasteiger partial charge in [-0.05, 0) is 86.6 Å². The Morgan fingerprint density at radius 1 is 0.578 bits per heavy atom. The van der Waals surface area contributed by atoms with Gasteiger partial charge in [0.15, 0.2) is 11.3 Å². The van der Waals surface area contributed by atoms with Gasteiger partial charge in [-0.25, -0.2) is 29.5 Å². The van der Waals surface area contributed by atoms with Crippen molar-refractivity contribution in [2.24, 2.45) is 0 Å². The second-order valence-electron chi connectivity index (χ2n) is 9.71. The topological polar surface area (TPSA) is 169 Å². The molecule has 0 aliphatic carbocycles. The quantitative estimate of drug-likeness (QED) is 0.169. The first-order chi connectivity index (χ1) is 22.0. The molecule has 0 bridgehead atoms. The number of ether oxygens (including phenoxy) is 1. The Bertz CT molecular complexity index is 1860. The summed E-state index contributed by atoms with van der Waals surface area (Å²) in [5.41, 5.74) is 5.03. The number of carbonyl (C=O) groups excluding carboxylic acids is 2. The number of benzene rings is 2. The molecular weight excluding hydrogens is 572 g/mol. The number of rotatable bonds is 8. The third-order valence-corrected chi connectivity index (χ3v) is 6.51. The molecule has 0 fully saturated rings. The summed E-state index contributed by atoms with van der Waals surface area (Å²) in [6.45, 7) is 4.70. The molecule has 0 atom stereocenters. The van der Waals surface area contributed by atoms with Crippen LogP contribution >= 0.6 is 0 Å². The monoisotopic (exact) mass is 600 g/mol. The van der Waals surface area contributed by atoms with E-state index >= 15 is 0 Å². The molecule has 4 amide bonds. The zero-order valence-electron chi connectivity index (χ0n) is 24.4. The number of anilines is 2. The summed E-state index contributed by atoms with van der Waals surface area (Å²) in [6, 6.07) is 21.2. The summed E-state index contributed by atoms with van der Waals surface area (Å²) in [7, 11) is 0. The third-order valence-electron chi connectivity index (χ3n) is 6.51. The van der Waals surface area contributed by atoms with Gasteiger partial charge in [0.05, 0.1) is 23.8 Å². The van der Waals surface area contributed by atoms with Gasteiger partial charge in [-0.3, -0.25) is 20.6 Å². The number of urea groups is 2. The first kappa shape index (κ1) is 28.9. The van der Waals surface area contributed by atoms with Crippen molar-refractivity contribution < 1.29 is 14.3 Å². The standard InChI is InChI=1S/C32H28N10O3/c1-3-33-31(43)41-27-15-13-23-29(39-27)37-25(17-35-23)19-5-9-21(10-6-19)45-22-11-7-20(8-12-22)26-18-36-24-14-16-28(40-30(24)38-26)42-32(44)34-4-2/h5-18H,3-4H2,1-2H3,(H2,33,37,39,41,43)(H2,34,38,40,42,44). The smallest absolute Gasteiger partial charge is 0.320 e. The maximum absolute atomic E-state index is 11.8. The van der Waals surface area contributed by atoms with E-state index in [0.717, 1.165) is 11.1 Å². The minimum Gasteiger partial charge on any atom is -0.457 e. The molecule has 0 saturated heterocycles. The number of pyridine rings is 2. The molecule has 4 aromatic heterocycles. The van der Waals surface area contributed by atoms with E-state index in [2.05, 4.69) is 51.2 Å². The van der Waals surface area contributed by atoms with Gasteiger partial charge >= 0.3 is 12.1 Å². The summed E-state index contributed by atoms with van der Waals surface area (Å²) >= 11 is 0. The second kappa shape index (κ2) is 13.0. The molecule has 13 nitrogen and oxygen atoms in total. The fourth-order valence-electron chi connectivity index (χ4n) is 4.38. The molecule has 6 rings (SSSR count). The molecule has 0 saturated carbocycles. The fourth-order valence-corrected chi connectivity index (χ4v) is 4.38. The molecule has 0 aliphatic heterocycles. The first-order valence-electron chi connectivity index (χ1n) is 14.2. The predicted octanol–water partition coefficient (Wildman–Crippen LogP) is 5.77. The average molecular weight is 601 g/mol. The van der Waals surface area contributed by atoms with Gasteiger partial charge in [0, 0.05) is 24.2 Å². The van der Waals surface area contributed by atoms with Crippen LogP contribution in [-0.2, 0) is 0 Å². The van der Waals surface area contributed by atoms with Crippen molar-refractivity contribution in [3.05, 3.63) is 85.2 Å². The summed E-state index contributed by atoms with van der Waals surface area (Å²) in [6.07, 6.45) is 3.36. The Kier molecular flexibility index (Phi) is 8.31. The maximum atomic E-state index is 11.8. The number of nitrogens with zero attached hydrogens (tertiary/aromatic N) is 6. The average Bonchev–Trinajstić information content (AvgIpc) is 3.05. The van der Waals surface area contributed by atoms with Crippen LogP contribution in [0.5, 0.6) is 11.5 Å². The number of fused-ring (bicyclic) bond motifs is 2. The summed E-state index contributed by atoms with van der Waals surface area (Å²) < 4.78 is 6.06. The molecule has 0 radical (unpaired) electrons. The minimum absolute atomic E-state index is 0.333. The second-order valence-corrected chi connectivity index (χ2v) is 9.71. The van der Waals surface area contributed by atoms with E-state index in [4.69, 9.17) is 4.74 Å². The SMILES string of the molecule is CCNC(=O)Nc1ccc2ncc(-c3ccc(Oc4ccc(-c5cnc6ccc(NC(=O)NCC)nc6n5)cc4)cc3)nc2n1. The molecule has 0 unspecified atom stereocenters. The van der Waals surface area contributed by atoms with E-state index in [1.165, 1.54) is 0 Å². The third kappa shape index (κ3) is 6.88. The lowest BCUT2D eigenvalue weighted by Crippen LogP contribution is -2.28. The highest BCUT2D eigenvalue weighted by Crippen LogP contribution is 2.28. The number of amides is 4. The van der Waals surface area contributed by atoms with Crippen LogP contribution < -0.4 is 26.0 Å². The predicted molar refractivity (Wildman–Crippen MR) is 171 cm³/mol. The molecular formula is C32H28N10O3. The van der Waals surface area contributed by atoms with Crippen molar-refractivity contribution in [2.75, 3.05) is 23.7 Å². The van der Waals surface area contributed by atoms with Gasteiger partial charge in [0.25, 0.3) is 0 Å². The van der Waals surface area contributed by atoms with Crippen LogP contribution in [0.4, 0.5) is 21.2 Å². The Morgan fingerprint density at radius 3 is 1.40 bits per heavy atom. The molecule has 13 heteroatoms. The largest absolute Gasteiger partial charge is 0.457 e. The lowest BCUT2D eigenvalue weighted by atomic mass is 10.1. The fraction of sp³-hybridized carbons (Fsp3) is 0.125. The van der Waals surface area contributed by atoms with E-state index in [1.807, 2.05) is 62.4 Å². The van der Waals surface area contributed by atoms with Crippen molar-refractivity contribution >= 4 is 46.0 Å². The Morgan fingerprint density at radius 2 is 1.00 bits per heavy atom. The molecule has 6 aromatic rings. The molecule has 2 aromatic carbocycles. The highest BCUT2D eigenvalue weighted by molar-refractivity contribution is 5.90. The lowest BCUT2D eigenvalue weighted by molar-refractivity contribution is 0.251.